The van der Waals surface area contributed by atoms with E-state index in [0.29, 0.717) is 11.7 Å². The monoisotopic (exact) mass is 257 g/mol. The van der Waals surface area contributed by atoms with Crippen LogP contribution in [0.4, 0.5) is 5.69 Å². The molecule has 0 unspecified atom stereocenters. The highest BCUT2D eigenvalue weighted by Gasteiger charge is 1.98. The second-order valence-corrected chi connectivity index (χ2v) is 4.45. The first kappa shape index (κ1) is 12.5. The second kappa shape index (κ2) is 6.12. The van der Waals surface area contributed by atoms with Gasteiger partial charge >= 0.3 is 0 Å². The summed E-state index contributed by atoms with van der Waals surface area (Å²) in [6.07, 6.45) is 3.47. The summed E-state index contributed by atoms with van der Waals surface area (Å²) in [5.74, 6) is 0. The van der Waals surface area contributed by atoms with Crippen molar-refractivity contribution in [2.75, 3.05) is 5.32 Å². The van der Waals surface area contributed by atoms with E-state index in [4.69, 9.17) is 12.2 Å². The molecular weight excluding hydrogens is 242 g/mol. The molecule has 1 aromatic carbocycles. The fraction of sp³-hybridized carbons (Fsp3) is 0.143. The minimum Gasteiger partial charge on any atom is -0.358 e. The average molecular weight is 257 g/mol. The average Bonchev–Trinajstić information content (AvgIpc) is 2.38. The fourth-order valence-electron chi connectivity index (χ4n) is 1.62. The predicted molar refractivity (Wildman–Crippen MR) is 78.5 cm³/mol. The normalized spacial score (nSPS) is 9.83. The van der Waals surface area contributed by atoms with Gasteiger partial charge in [-0.1, -0.05) is 29.8 Å². The molecule has 1 heterocycles. The highest BCUT2D eigenvalue weighted by Crippen LogP contribution is 2.04. The van der Waals surface area contributed by atoms with Gasteiger partial charge in [-0.3, -0.25) is 4.98 Å². The Bertz CT molecular complexity index is 526. The molecule has 0 saturated heterocycles. The maximum absolute atomic E-state index is 5.22. The Labute approximate surface area is 112 Å². The lowest BCUT2D eigenvalue weighted by Crippen LogP contribution is -2.27. The summed E-state index contributed by atoms with van der Waals surface area (Å²) in [6.45, 7) is 2.80. The number of hydrogen-bond acceptors (Lipinski definition) is 2. The van der Waals surface area contributed by atoms with Crippen molar-refractivity contribution in [1.82, 2.24) is 10.3 Å². The van der Waals surface area contributed by atoms with E-state index in [1.165, 1.54) is 11.1 Å². The quantitative estimate of drug-likeness (QED) is 0.829. The smallest absolute Gasteiger partial charge is 0.171 e. The van der Waals surface area contributed by atoms with Gasteiger partial charge in [-0.2, -0.15) is 0 Å². The van der Waals surface area contributed by atoms with Crippen LogP contribution in [0.2, 0.25) is 0 Å². The molecule has 0 fully saturated rings. The first-order valence-electron chi connectivity index (χ1n) is 5.74. The van der Waals surface area contributed by atoms with Crippen molar-refractivity contribution in [1.29, 1.82) is 0 Å². The third-order valence-electron chi connectivity index (χ3n) is 2.45. The SMILES string of the molecule is Cc1cccc(CNC(=S)Nc2cccnc2)c1. The van der Waals surface area contributed by atoms with Crippen LogP contribution in [0.5, 0.6) is 0 Å². The van der Waals surface area contributed by atoms with E-state index >= 15 is 0 Å². The number of benzene rings is 1. The number of aromatic nitrogens is 1. The molecule has 0 radical (unpaired) electrons. The van der Waals surface area contributed by atoms with Gasteiger partial charge in [0.05, 0.1) is 11.9 Å². The third kappa shape index (κ3) is 3.82. The Morgan fingerprint density at radius 1 is 1.28 bits per heavy atom. The summed E-state index contributed by atoms with van der Waals surface area (Å²) >= 11 is 5.22. The van der Waals surface area contributed by atoms with Crippen LogP contribution in [0.1, 0.15) is 11.1 Å². The summed E-state index contributed by atoms with van der Waals surface area (Å²) in [7, 11) is 0. The summed E-state index contributed by atoms with van der Waals surface area (Å²) < 4.78 is 0. The highest BCUT2D eigenvalue weighted by atomic mass is 32.1. The van der Waals surface area contributed by atoms with Crippen molar-refractivity contribution in [3.63, 3.8) is 0 Å². The molecule has 0 saturated carbocycles. The van der Waals surface area contributed by atoms with Gasteiger partial charge in [-0.15, -0.1) is 0 Å². The number of anilines is 1. The molecule has 3 nitrogen and oxygen atoms in total. The molecule has 2 N–H and O–H groups in total. The Hall–Kier alpha value is -1.94. The molecule has 0 aliphatic heterocycles. The minimum atomic E-state index is 0.601. The van der Waals surface area contributed by atoms with Gasteiger partial charge < -0.3 is 10.6 Å². The molecule has 0 spiro atoms. The van der Waals surface area contributed by atoms with Crippen molar-refractivity contribution in [2.45, 2.75) is 13.5 Å². The van der Waals surface area contributed by atoms with Crippen molar-refractivity contribution in [3.8, 4) is 0 Å². The van der Waals surface area contributed by atoms with E-state index in [1.807, 2.05) is 18.2 Å². The van der Waals surface area contributed by atoms with Gasteiger partial charge in [0.15, 0.2) is 5.11 Å². The number of hydrogen-bond donors (Lipinski definition) is 2. The number of pyridine rings is 1. The van der Waals surface area contributed by atoms with Crippen LogP contribution in [0, 0.1) is 6.92 Å². The summed E-state index contributed by atoms with van der Waals surface area (Å²) in [5, 5.41) is 6.85. The number of nitrogens with one attached hydrogen (secondary N) is 2. The maximum atomic E-state index is 5.22. The number of rotatable bonds is 3. The van der Waals surface area contributed by atoms with E-state index < -0.39 is 0 Å². The standard InChI is InChI=1S/C14H15N3S/c1-11-4-2-5-12(8-11)9-16-14(18)17-13-6-3-7-15-10-13/h2-8,10H,9H2,1H3,(H2,16,17,18). The Kier molecular flexibility index (Phi) is 4.25. The van der Waals surface area contributed by atoms with Crippen LogP contribution in [-0.2, 0) is 6.54 Å². The zero-order valence-corrected chi connectivity index (χ0v) is 11.0. The molecule has 2 aromatic rings. The number of thiocarbonyl (C=S) groups is 1. The molecule has 0 aliphatic carbocycles. The van der Waals surface area contributed by atoms with Crippen molar-refractivity contribution >= 4 is 23.0 Å². The zero-order chi connectivity index (χ0) is 12.8. The minimum absolute atomic E-state index is 0.601. The Morgan fingerprint density at radius 2 is 2.17 bits per heavy atom. The topological polar surface area (TPSA) is 37.0 Å². The van der Waals surface area contributed by atoms with E-state index in [2.05, 4.69) is 40.7 Å². The summed E-state index contributed by atoms with van der Waals surface area (Å²) in [5.41, 5.74) is 3.35. The first-order chi connectivity index (χ1) is 8.74. The third-order valence-corrected chi connectivity index (χ3v) is 2.70. The van der Waals surface area contributed by atoms with Gasteiger partial charge in [0.1, 0.15) is 0 Å². The van der Waals surface area contributed by atoms with Crippen LogP contribution in [0.25, 0.3) is 0 Å². The number of aryl methyl sites for hydroxylation is 1. The van der Waals surface area contributed by atoms with E-state index in [9.17, 15) is 0 Å². The molecule has 18 heavy (non-hydrogen) atoms. The first-order valence-corrected chi connectivity index (χ1v) is 6.15. The molecule has 0 aliphatic rings. The molecule has 0 atom stereocenters. The van der Waals surface area contributed by atoms with E-state index in [0.717, 1.165) is 5.69 Å². The lowest BCUT2D eigenvalue weighted by molar-refractivity contribution is 0.924. The molecule has 0 amide bonds. The molecular formula is C14H15N3S. The van der Waals surface area contributed by atoms with Gasteiger partial charge in [0.25, 0.3) is 0 Å². The van der Waals surface area contributed by atoms with E-state index in [-0.39, 0.29) is 0 Å². The predicted octanol–water partition coefficient (Wildman–Crippen LogP) is 2.88. The summed E-state index contributed by atoms with van der Waals surface area (Å²) in [6, 6.07) is 12.1. The van der Waals surface area contributed by atoms with Gasteiger partial charge in [-0.05, 0) is 36.8 Å². The highest BCUT2D eigenvalue weighted by molar-refractivity contribution is 7.80. The Balaban J connectivity index is 1.85. The molecule has 1 aromatic heterocycles. The molecule has 0 bridgehead atoms. The van der Waals surface area contributed by atoms with E-state index in [1.54, 1.807) is 12.4 Å². The van der Waals surface area contributed by atoms with Crippen LogP contribution in [-0.4, -0.2) is 10.1 Å². The van der Waals surface area contributed by atoms with Gasteiger partial charge in [0.2, 0.25) is 0 Å². The van der Waals surface area contributed by atoms with Gasteiger partial charge in [-0.25, -0.2) is 0 Å². The lowest BCUT2D eigenvalue weighted by atomic mass is 10.1. The number of nitrogens with zero attached hydrogens (tertiary/aromatic N) is 1. The Morgan fingerprint density at radius 3 is 2.89 bits per heavy atom. The van der Waals surface area contributed by atoms with Gasteiger partial charge in [0, 0.05) is 12.7 Å². The van der Waals surface area contributed by atoms with Crippen LogP contribution in [0.15, 0.2) is 48.8 Å². The maximum Gasteiger partial charge on any atom is 0.171 e. The summed E-state index contributed by atoms with van der Waals surface area (Å²) in [4.78, 5) is 4.02. The lowest BCUT2D eigenvalue weighted by Gasteiger charge is -2.10. The fourth-order valence-corrected chi connectivity index (χ4v) is 1.81. The second-order valence-electron chi connectivity index (χ2n) is 4.04. The molecule has 4 heteroatoms. The largest absolute Gasteiger partial charge is 0.358 e. The van der Waals surface area contributed by atoms with Crippen LogP contribution >= 0.6 is 12.2 Å². The molecule has 2 rings (SSSR count). The van der Waals surface area contributed by atoms with Crippen molar-refractivity contribution in [2.24, 2.45) is 0 Å². The van der Waals surface area contributed by atoms with Crippen LogP contribution in [0.3, 0.4) is 0 Å². The molecule has 92 valence electrons. The van der Waals surface area contributed by atoms with Crippen molar-refractivity contribution < 1.29 is 0 Å². The van der Waals surface area contributed by atoms with Crippen molar-refractivity contribution in [3.05, 3.63) is 59.9 Å². The zero-order valence-electron chi connectivity index (χ0n) is 10.2. The van der Waals surface area contributed by atoms with Crippen LogP contribution < -0.4 is 10.6 Å².